The summed E-state index contributed by atoms with van der Waals surface area (Å²) >= 11 is 0. The second kappa shape index (κ2) is 8.95. The van der Waals surface area contributed by atoms with Gasteiger partial charge in [0.1, 0.15) is 11.6 Å². The number of benzene rings is 2. The highest BCUT2D eigenvalue weighted by Gasteiger charge is 2.40. The lowest BCUT2D eigenvalue weighted by Gasteiger charge is -2.42. The number of halogens is 4. The van der Waals surface area contributed by atoms with Gasteiger partial charge in [0, 0.05) is 30.5 Å². The number of carbonyl (C=O) groups excluding carboxylic acids is 2. The SMILES string of the molecule is NC(=O)C[C@@]1(COc2ccc(F)cc2)CCCN(C(=O)c2cccc(C(F)(F)F)c2)C1. The van der Waals surface area contributed by atoms with Crippen molar-refractivity contribution in [3.8, 4) is 5.75 Å². The minimum absolute atomic E-state index is 0.0495. The van der Waals surface area contributed by atoms with E-state index in [1.54, 1.807) is 0 Å². The van der Waals surface area contributed by atoms with Gasteiger partial charge in [0.2, 0.25) is 5.91 Å². The number of nitrogens with zero attached hydrogens (tertiary/aromatic N) is 1. The molecule has 2 aromatic carbocycles. The molecule has 0 aromatic heterocycles. The van der Waals surface area contributed by atoms with Gasteiger partial charge in [0.15, 0.2) is 0 Å². The number of rotatable bonds is 6. The number of nitrogens with two attached hydrogens (primary N) is 1. The fourth-order valence-electron chi connectivity index (χ4n) is 3.84. The Labute approximate surface area is 176 Å². The number of likely N-dealkylation sites (tertiary alicyclic amines) is 1. The summed E-state index contributed by atoms with van der Waals surface area (Å²) in [5.41, 5.74) is 3.65. The zero-order valence-electron chi connectivity index (χ0n) is 16.6. The van der Waals surface area contributed by atoms with Crippen LogP contribution >= 0.6 is 0 Å². The number of piperidine rings is 1. The molecule has 1 heterocycles. The van der Waals surface area contributed by atoms with E-state index in [1.165, 1.54) is 41.3 Å². The van der Waals surface area contributed by atoms with E-state index in [-0.39, 0.29) is 25.1 Å². The Hall–Kier alpha value is -3.10. The van der Waals surface area contributed by atoms with Crippen molar-refractivity contribution >= 4 is 11.8 Å². The molecule has 2 aromatic rings. The number of alkyl halides is 3. The number of amides is 2. The lowest BCUT2D eigenvalue weighted by Crippen LogP contribution is -2.50. The van der Waals surface area contributed by atoms with Gasteiger partial charge < -0.3 is 15.4 Å². The van der Waals surface area contributed by atoms with Gasteiger partial charge >= 0.3 is 6.18 Å². The molecule has 1 atom stereocenters. The molecule has 1 saturated heterocycles. The summed E-state index contributed by atoms with van der Waals surface area (Å²) in [6, 6.07) is 9.61. The number of ether oxygens (including phenoxy) is 1. The zero-order chi connectivity index (χ0) is 22.6. The molecule has 3 rings (SSSR count). The maximum Gasteiger partial charge on any atom is 0.416 e. The van der Waals surface area contributed by atoms with Gasteiger partial charge in [-0.3, -0.25) is 9.59 Å². The van der Waals surface area contributed by atoms with Crippen LogP contribution in [0.25, 0.3) is 0 Å². The zero-order valence-corrected chi connectivity index (χ0v) is 16.6. The van der Waals surface area contributed by atoms with Crippen LogP contribution in [0.4, 0.5) is 17.6 Å². The normalized spacial score (nSPS) is 19.2. The van der Waals surface area contributed by atoms with E-state index in [1.807, 2.05) is 0 Å². The standard InChI is InChI=1S/C22H22F4N2O3/c23-17-5-7-18(8-6-17)31-14-21(12-19(27)29)9-2-10-28(13-21)20(30)15-3-1-4-16(11-15)22(24,25)26/h1,3-8,11H,2,9-10,12-14H2,(H2,27,29)/t21-/m0/s1. The van der Waals surface area contributed by atoms with Crippen molar-refractivity contribution in [2.45, 2.75) is 25.4 Å². The van der Waals surface area contributed by atoms with E-state index in [2.05, 4.69) is 0 Å². The average Bonchev–Trinajstić information content (AvgIpc) is 2.72. The summed E-state index contributed by atoms with van der Waals surface area (Å²) in [6.45, 7) is 0.492. The second-order valence-electron chi connectivity index (χ2n) is 7.79. The van der Waals surface area contributed by atoms with E-state index in [9.17, 15) is 27.2 Å². The highest BCUT2D eigenvalue weighted by atomic mass is 19.4. The van der Waals surface area contributed by atoms with Crippen LogP contribution in [0.3, 0.4) is 0 Å². The molecule has 0 bridgehead atoms. The molecule has 5 nitrogen and oxygen atoms in total. The van der Waals surface area contributed by atoms with Gasteiger partial charge in [0.25, 0.3) is 5.91 Å². The van der Waals surface area contributed by atoms with E-state index < -0.39 is 34.8 Å². The number of primary amides is 1. The first-order valence-electron chi connectivity index (χ1n) is 9.71. The van der Waals surface area contributed by atoms with Crippen molar-refractivity contribution in [3.05, 3.63) is 65.5 Å². The highest BCUT2D eigenvalue weighted by Crippen LogP contribution is 2.36. The smallest absolute Gasteiger partial charge is 0.416 e. The molecule has 1 aliphatic heterocycles. The minimum Gasteiger partial charge on any atom is -0.493 e. The molecule has 166 valence electrons. The molecule has 0 spiro atoms. The Bertz CT molecular complexity index is 947. The van der Waals surface area contributed by atoms with Crippen LogP contribution in [0.15, 0.2) is 48.5 Å². The summed E-state index contributed by atoms with van der Waals surface area (Å²) in [5.74, 6) is -1.15. The minimum atomic E-state index is -4.56. The maximum absolute atomic E-state index is 13.1. The van der Waals surface area contributed by atoms with Crippen molar-refractivity contribution in [2.75, 3.05) is 19.7 Å². The predicted molar refractivity (Wildman–Crippen MR) is 105 cm³/mol. The van der Waals surface area contributed by atoms with Crippen molar-refractivity contribution in [1.82, 2.24) is 4.90 Å². The summed E-state index contributed by atoms with van der Waals surface area (Å²) in [6.07, 6.45) is -3.54. The van der Waals surface area contributed by atoms with Crippen molar-refractivity contribution in [2.24, 2.45) is 11.1 Å². The van der Waals surface area contributed by atoms with E-state index >= 15 is 0 Å². The third kappa shape index (κ3) is 5.74. The van der Waals surface area contributed by atoms with Crippen molar-refractivity contribution in [1.29, 1.82) is 0 Å². The summed E-state index contributed by atoms with van der Waals surface area (Å²) < 4.78 is 57.9. The summed E-state index contributed by atoms with van der Waals surface area (Å²) in [4.78, 5) is 26.1. The van der Waals surface area contributed by atoms with Crippen LogP contribution in [0.5, 0.6) is 5.75 Å². The number of hydrogen-bond donors (Lipinski definition) is 1. The molecular weight excluding hydrogens is 416 g/mol. The third-order valence-electron chi connectivity index (χ3n) is 5.29. The first-order valence-corrected chi connectivity index (χ1v) is 9.71. The first kappa shape index (κ1) is 22.6. The molecule has 1 fully saturated rings. The largest absolute Gasteiger partial charge is 0.493 e. The maximum atomic E-state index is 13.1. The third-order valence-corrected chi connectivity index (χ3v) is 5.29. The molecule has 31 heavy (non-hydrogen) atoms. The van der Waals surface area contributed by atoms with Crippen LogP contribution in [0.2, 0.25) is 0 Å². The Morgan fingerprint density at radius 1 is 1.13 bits per heavy atom. The van der Waals surface area contributed by atoms with Crippen LogP contribution in [0.1, 0.15) is 35.2 Å². The van der Waals surface area contributed by atoms with E-state index in [0.717, 1.165) is 12.1 Å². The lowest BCUT2D eigenvalue weighted by atomic mass is 9.77. The van der Waals surface area contributed by atoms with Gasteiger partial charge in [-0.2, -0.15) is 13.2 Å². The molecule has 0 saturated carbocycles. The molecule has 1 aliphatic rings. The Morgan fingerprint density at radius 2 is 1.84 bits per heavy atom. The van der Waals surface area contributed by atoms with E-state index in [0.29, 0.717) is 25.1 Å². The van der Waals surface area contributed by atoms with Crippen molar-refractivity contribution in [3.63, 3.8) is 0 Å². The molecule has 2 N–H and O–H groups in total. The van der Waals surface area contributed by atoms with Gasteiger partial charge in [-0.1, -0.05) is 6.07 Å². The predicted octanol–water partition coefficient (Wildman–Crippen LogP) is 4.02. The van der Waals surface area contributed by atoms with Gasteiger partial charge in [-0.05, 0) is 55.3 Å². The molecule has 0 aliphatic carbocycles. The summed E-state index contributed by atoms with van der Waals surface area (Å²) in [5, 5.41) is 0. The van der Waals surface area contributed by atoms with Crippen LogP contribution in [-0.2, 0) is 11.0 Å². The monoisotopic (exact) mass is 438 g/mol. The second-order valence-corrected chi connectivity index (χ2v) is 7.79. The quantitative estimate of drug-likeness (QED) is 0.693. The first-order chi connectivity index (χ1) is 14.6. The Kier molecular flexibility index (Phi) is 6.52. The molecule has 0 radical (unpaired) electrons. The number of hydrogen-bond acceptors (Lipinski definition) is 3. The van der Waals surface area contributed by atoms with Crippen LogP contribution < -0.4 is 10.5 Å². The van der Waals surface area contributed by atoms with E-state index in [4.69, 9.17) is 10.5 Å². The topological polar surface area (TPSA) is 72.6 Å². The number of carbonyl (C=O) groups is 2. The highest BCUT2D eigenvalue weighted by molar-refractivity contribution is 5.94. The molecule has 9 heteroatoms. The van der Waals surface area contributed by atoms with Gasteiger partial charge in [-0.25, -0.2) is 4.39 Å². The van der Waals surface area contributed by atoms with Gasteiger partial charge in [0.05, 0.1) is 12.2 Å². The van der Waals surface area contributed by atoms with Crippen LogP contribution in [-0.4, -0.2) is 36.4 Å². The Morgan fingerprint density at radius 3 is 2.48 bits per heavy atom. The fraction of sp³-hybridized carbons (Fsp3) is 0.364. The fourth-order valence-corrected chi connectivity index (χ4v) is 3.84. The molecule has 2 amide bonds. The molecule has 0 unspecified atom stereocenters. The Balaban J connectivity index is 1.79. The van der Waals surface area contributed by atoms with Gasteiger partial charge in [-0.15, -0.1) is 0 Å². The summed E-state index contributed by atoms with van der Waals surface area (Å²) in [7, 11) is 0. The van der Waals surface area contributed by atoms with Crippen LogP contribution in [0, 0.1) is 11.2 Å². The lowest BCUT2D eigenvalue weighted by molar-refractivity contribution is -0.137. The van der Waals surface area contributed by atoms with Crippen molar-refractivity contribution < 1.29 is 31.9 Å². The average molecular weight is 438 g/mol. The molecular formula is C22H22F4N2O3.